The Kier molecular flexibility index (Phi) is 4.82. The maximum absolute atomic E-state index is 12.8. The van der Waals surface area contributed by atoms with Crippen LogP contribution in [0.5, 0.6) is 0 Å². The normalized spacial score (nSPS) is 16.3. The number of piperazine rings is 1. The average molecular weight is 389 g/mol. The number of hydrogen-bond donors (Lipinski definition) is 1. The summed E-state index contributed by atoms with van der Waals surface area (Å²) in [5, 5.41) is 6.49. The first-order valence-corrected chi connectivity index (χ1v) is 9.33. The van der Waals surface area contributed by atoms with Crippen molar-refractivity contribution in [2.24, 2.45) is 0 Å². The van der Waals surface area contributed by atoms with E-state index < -0.39 is 10.0 Å². The first-order chi connectivity index (χ1) is 11.4. The maximum atomic E-state index is 12.8. The van der Waals surface area contributed by atoms with E-state index in [1.165, 1.54) is 28.8 Å². The van der Waals surface area contributed by atoms with E-state index in [0.717, 1.165) is 0 Å². The number of benzene rings is 1. The fourth-order valence-corrected chi connectivity index (χ4v) is 5.05. The first-order valence-electron chi connectivity index (χ1n) is 7.13. The zero-order chi connectivity index (χ0) is 17.3. The second-order valence-electron chi connectivity index (χ2n) is 5.23. The molecule has 1 saturated heterocycles. The van der Waals surface area contributed by atoms with Gasteiger partial charge in [-0.2, -0.15) is 9.40 Å². The molecule has 0 atom stereocenters. The predicted octanol–water partition coefficient (Wildman–Crippen LogP) is 1.86. The van der Waals surface area contributed by atoms with Crippen molar-refractivity contribution in [3.05, 3.63) is 46.2 Å². The summed E-state index contributed by atoms with van der Waals surface area (Å²) in [5.41, 5.74) is 0.445. The molecule has 0 spiro atoms. The highest BCUT2D eigenvalue weighted by Crippen LogP contribution is 2.31. The largest absolute Gasteiger partial charge is 0.336 e. The number of carbonyl (C=O) groups is 1. The molecule has 10 heteroatoms. The monoisotopic (exact) mass is 388 g/mol. The lowest BCUT2D eigenvalue weighted by Crippen LogP contribution is -2.50. The molecule has 128 valence electrons. The molecular weight excluding hydrogens is 375 g/mol. The molecule has 1 N–H and O–H groups in total. The van der Waals surface area contributed by atoms with Crippen LogP contribution in [0.25, 0.3) is 0 Å². The number of hydrogen-bond acceptors (Lipinski definition) is 4. The SMILES string of the molecule is O=C(c1cn[nH]c1)N1CCN(S(=O)(=O)c2c(Cl)cccc2Cl)CC1. The second kappa shape index (κ2) is 6.72. The number of rotatable bonds is 3. The van der Waals surface area contributed by atoms with Crippen LogP contribution < -0.4 is 0 Å². The summed E-state index contributed by atoms with van der Waals surface area (Å²) >= 11 is 12.0. The van der Waals surface area contributed by atoms with Gasteiger partial charge < -0.3 is 4.90 Å². The smallest absolute Gasteiger partial charge is 0.257 e. The maximum Gasteiger partial charge on any atom is 0.257 e. The van der Waals surface area contributed by atoms with E-state index >= 15 is 0 Å². The Hall–Kier alpha value is -1.61. The lowest BCUT2D eigenvalue weighted by atomic mass is 10.2. The number of sulfonamides is 1. The highest BCUT2D eigenvalue weighted by atomic mass is 35.5. The van der Waals surface area contributed by atoms with E-state index in [9.17, 15) is 13.2 Å². The Labute approximate surface area is 149 Å². The van der Waals surface area contributed by atoms with Crippen molar-refractivity contribution in [2.75, 3.05) is 26.2 Å². The number of halogens is 2. The standard InChI is InChI=1S/C14H14Cl2N4O3S/c15-11-2-1-3-12(16)13(11)24(22,23)20-6-4-19(5-7-20)14(21)10-8-17-18-9-10/h1-3,8-9H,4-7H2,(H,17,18). The van der Waals surface area contributed by atoms with E-state index in [0.29, 0.717) is 5.56 Å². The van der Waals surface area contributed by atoms with Crippen LogP contribution in [0, 0.1) is 0 Å². The number of carbonyl (C=O) groups excluding carboxylic acids is 1. The quantitative estimate of drug-likeness (QED) is 0.869. The Bertz CT molecular complexity index is 827. The minimum Gasteiger partial charge on any atom is -0.336 e. The van der Waals surface area contributed by atoms with Gasteiger partial charge in [0.2, 0.25) is 10.0 Å². The van der Waals surface area contributed by atoms with Crippen LogP contribution in [0.4, 0.5) is 0 Å². The van der Waals surface area contributed by atoms with E-state index in [1.807, 2.05) is 0 Å². The second-order valence-corrected chi connectivity index (χ2v) is 7.92. The number of aromatic nitrogens is 2. The average Bonchev–Trinajstić information content (AvgIpc) is 3.08. The Morgan fingerprint density at radius 3 is 2.29 bits per heavy atom. The van der Waals surface area contributed by atoms with Crippen LogP contribution in [0.3, 0.4) is 0 Å². The minimum absolute atomic E-state index is 0.0828. The molecule has 1 aromatic heterocycles. The van der Waals surface area contributed by atoms with Gasteiger partial charge >= 0.3 is 0 Å². The number of H-pyrrole nitrogens is 1. The van der Waals surface area contributed by atoms with Crippen LogP contribution >= 0.6 is 23.2 Å². The zero-order valence-electron chi connectivity index (χ0n) is 12.4. The van der Waals surface area contributed by atoms with Crippen LogP contribution in [0.15, 0.2) is 35.5 Å². The minimum atomic E-state index is -3.81. The van der Waals surface area contributed by atoms with Crippen molar-refractivity contribution in [1.82, 2.24) is 19.4 Å². The number of nitrogens with zero attached hydrogens (tertiary/aromatic N) is 3. The molecule has 1 aliphatic rings. The van der Waals surface area contributed by atoms with Crippen molar-refractivity contribution in [3.8, 4) is 0 Å². The van der Waals surface area contributed by atoms with Gasteiger partial charge in [0.05, 0.1) is 21.8 Å². The van der Waals surface area contributed by atoms with E-state index in [2.05, 4.69) is 10.2 Å². The highest BCUT2D eigenvalue weighted by molar-refractivity contribution is 7.89. The molecule has 0 saturated carbocycles. The topological polar surface area (TPSA) is 86.4 Å². The number of aromatic amines is 1. The van der Waals surface area contributed by atoms with Crippen molar-refractivity contribution in [2.45, 2.75) is 4.90 Å². The van der Waals surface area contributed by atoms with Gasteiger partial charge in [0.15, 0.2) is 0 Å². The van der Waals surface area contributed by atoms with Gasteiger partial charge in [-0.05, 0) is 12.1 Å². The molecule has 0 radical (unpaired) electrons. The molecule has 1 fully saturated rings. The van der Waals surface area contributed by atoms with Crippen LogP contribution in [0.1, 0.15) is 10.4 Å². The van der Waals surface area contributed by atoms with Crippen LogP contribution in [-0.2, 0) is 10.0 Å². The molecule has 1 amide bonds. The van der Waals surface area contributed by atoms with Crippen molar-refractivity contribution in [3.63, 3.8) is 0 Å². The third kappa shape index (κ3) is 3.14. The summed E-state index contributed by atoms with van der Waals surface area (Å²) in [6, 6.07) is 4.56. The molecule has 2 aromatic rings. The number of amides is 1. The summed E-state index contributed by atoms with van der Waals surface area (Å²) in [6.07, 6.45) is 2.95. The van der Waals surface area contributed by atoms with Gasteiger partial charge in [-0.25, -0.2) is 8.42 Å². The van der Waals surface area contributed by atoms with Crippen LogP contribution in [0.2, 0.25) is 10.0 Å². The van der Waals surface area contributed by atoms with Crippen molar-refractivity contribution in [1.29, 1.82) is 0 Å². The number of nitrogens with one attached hydrogen (secondary N) is 1. The molecule has 0 unspecified atom stereocenters. The van der Waals surface area contributed by atoms with Gasteiger partial charge in [-0.1, -0.05) is 29.3 Å². The zero-order valence-corrected chi connectivity index (χ0v) is 14.8. The van der Waals surface area contributed by atoms with Crippen molar-refractivity contribution < 1.29 is 13.2 Å². The Morgan fingerprint density at radius 2 is 1.75 bits per heavy atom. The fraction of sp³-hybridized carbons (Fsp3) is 0.286. The third-order valence-corrected chi connectivity index (χ3v) is 6.64. The van der Waals surface area contributed by atoms with Gasteiger partial charge in [-0.3, -0.25) is 9.89 Å². The Morgan fingerprint density at radius 1 is 1.12 bits per heavy atom. The Balaban J connectivity index is 1.76. The van der Waals surface area contributed by atoms with Gasteiger partial charge in [-0.15, -0.1) is 0 Å². The third-order valence-electron chi connectivity index (χ3n) is 3.79. The summed E-state index contributed by atoms with van der Waals surface area (Å²) < 4.78 is 26.8. The molecule has 0 bridgehead atoms. The lowest BCUT2D eigenvalue weighted by molar-refractivity contribution is 0.0698. The molecule has 2 heterocycles. The van der Waals surface area contributed by atoms with Gasteiger partial charge in [0.25, 0.3) is 5.91 Å². The van der Waals surface area contributed by atoms with Crippen molar-refractivity contribution >= 4 is 39.1 Å². The highest BCUT2D eigenvalue weighted by Gasteiger charge is 2.33. The molecule has 24 heavy (non-hydrogen) atoms. The summed E-state index contributed by atoms with van der Waals surface area (Å²) in [4.78, 5) is 13.7. The summed E-state index contributed by atoms with van der Waals surface area (Å²) in [5.74, 6) is -0.184. The molecule has 0 aliphatic carbocycles. The predicted molar refractivity (Wildman–Crippen MR) is 89.7 cm³/mol. The summed E-state index contributed by atoms with van der Waals surface area (Å²) in [6.45, 7) is 0.914. The molecular formula is C14H14Cl2N4O3S. The van der Waals surface area contributed by atoms with E-state index in [4.69, 9.17) is 23.2 Å². The summed E-state index contributed by atoms with van der Waals surface area (Å²) in [7, 11) is -3.81. The molecule has 7 nitrogen and oxygen atoms in total. The molecule has 1 aromatic carbocycles. The molecule has 3 rings (SSSR count). The molecule has 1 aliphatic heterocycles. The van der Waals surface area contributed by atoms with E-state index in [-0.39, 0.29) is 47.0 Å². The fourth-order valence-electron chi connectivity index (χ4n) is 2.54. The van der Waals surface area contributed by atoms with Gasteiger partial charge in [0.1, 0.15) is 4.90 Å². The van der Waals surface area contributed by atoms with E-state index in [1.54, 1.807) is 11.0 Å². The van der Waals surface area contributed by atoms with Gasteiger partial charge in [0, 0.05) is 32.4 Å². The first kappa shape index (κ1) is 17.2. The lowest BCUT2D eigenvalue weighted by Gasteiger charge is -2.34. The van der Waals surface area contributed by atoms with Crippen LogP contribution in [-0.4, -0.2) is 59.9 Å².